The van der Waals surface area contributed by atoms with Crippen LogP contribution in [-0.2, 0) is 24.9 Å². The van der Waals surface area contributed by atoms with Crippen molar-refractivity contribution in [1.82, 2.24) is 14.4 Å². The first-order chi connectivity index (χ1) is 14.5. The molecule has 2 aromatic heterocycles. The fourth-order valence-corrected chi connectivity index (χ4v) is 3.70. The summed E-state index contributed by atoms with van der Waals surface area (Å²) in [6, 6.07) is 15.0. The summed E-state index contributed by atoms with van der Waals surface area (Å²) in [6.45, 7) is 0.876. The van der Waals surface area contributed by atoms with Crippen molar-refractivity contribution in [3.05, 3.63) is 82.5 Å². The van der Waals surface area contributed by atoms with Crippen molar-refractivity contribution in [3.63, 3.8) is 0 Å². The Morgan fingerprint density at radius 2 is 1.87 bits per heavy atom. The van der Waals surface area contributed by atoms with Crippen LogP contribution >= 0.6 is 15.9 Å². The van der Waals surface area contributed by atoms with Gasteiger partial charge >= 0.3 is 0 Å². The van der Waals surface area contributed by atoms with Gasteiger partial charge in [0, 0.05) is 35.0 Å². The topological polar surface area (TPSA) is 58.7 Å². The van der Waals surface area contributed by atoms with Gasteiger partial charge in [-0.15, -0.1) is 0 Å². The average Bonchev–Trinajstić information content (AvgIpc) is 3.30. The molecule has 2 heterocycles. The summed E-state index contributed by atoms with van der Waals surface area (Å²) < 4.78 is 8.38. The van der Waals surface area contributed by atoms with E-state index in [1.807, 2.05) is 54.2 Å². The monoisotopic (exact) mass is 469 g/mol. The zero-order valence-electron chi connectivity index (χ0n) is 16.8. The Bertz CT molecular complexity index is 1010. The minimum atomic E-state index is -0.102. The van der Waals surface area contributed by atoms with Crippen LogP contribution in [0.5, 0.6) is 0 Å². The van der Waals surface area contributed by atoms with Crippen molar-refractivity contribution in [2.75, 3.05) is 6.54 Å². The molecule has 0 unspecified atom stereocenters. The molecule has 7 heteroatoms. The lowest BCUT2D eigenvalue weighted by molar-refractivity contribution is -0.133. The second kappa shape index (κ2) is 8.92. The number of furan rings is 1. The number of aromatic nitrogens is 1. The number of halogens is 1. The van der Waals surface area contributed by atoms with Gasteiger partial charge in [0.1, 0.15) is 12.3 Å². The summed E-state index contributed by atoms with van der Waals surface area (Å²) >= 11 is 3.40. The van der Waals surface area contributed by atoms with Crippen molar-refractivity contribution in [3.8, 4) is 0 Å². The lowest BCUT2D eigenvalue weighted by Gasteiger charge is -2.27. The summed E-state index contributed by atoms with van der Waals surface area (Å²) in [6.07, 6.45) is 5.43. The number of benzene rings is 1. The van der Waals surface area contributed by atoms with E-state index in [-0.39, 0.29) is 24.4 Å². The first-order valence-corrected chi connectivity index (χ1v) is 10.8. The van der Waals surface area contributed by atoms with Crippen LogP contribution in [0.4, 0.5) is 0 Å². The van der Waals surface area contributed by atoms with Crippen LogP contribution in [0.25, 0.3) is 0 Å². The summed E-state index contributed by atoms with van der Waals surface area (Å²) in [5, 5.41) is 0. The molecule has 0 radical (unpaired) electrons. The molecule has 2 amide bonds. The number of amides is 2. The third kappa shape index (κ3) is 4.84. The Kier molecular flexibility index (Phi) is 6.08. The maximum atomic E-state index is 13.3. The first kappa shape index (κ1) is 20.5. The molecule has 0 saturated heterocycles. The van der Waals surface area contributed by atoms with Gasteiger partial charge in [0.25, 0.3) is 5.91 Å². The highest BCUT2D eigenvalue weighted by molar-refractivity contribution is 9.10. The molecule has 1 aromatic carbocycles. The molecule has 0 aliphatic heterocycles. The van der Waals surface area contributed by atoms with Crippen LogP contribution in [0, 0.1) is 0 Å². The number of hydrogen-bond acceptors (Lipinski definition) is 3. The summed E-state index contributed by atoms with van der Waals surface area (Å²) in [5.41, 5.74) is 1.62. The number of nitrogens with zero attached hydrogens (tertiary/aromatic N) is 3. The maximum absolute atomic E-state index is 13.3. The van der Waals surface area contributed by atoms with Crippen molar-refractivity contribution in [2.45, 2.75) is 32.0 Å². The normalized spacial score (nSPS) is 13.3. The standard InChI is InChI=1S/C23H24BrN3O3/c1-25-12-2-4-20(25)14-26(15-21-5-3-13-30-21)22(28)16-27(19-10-11-19)23(29)17-6-8-18(24)9-7-17/h2-9,12-13,19H,10-11,14-16H2,1H3. The van der Waals surface area contributed by atoms with E-state index in [1.54, 1.807) is 28.2 Å². The van der Waals surface area contributed by atoms with Crippen LogP contribution in [0.3, 0.4) is 0 Å². The van der Waals surface area contributed by atoms with Gasteiger partial charge < -0.3 is 18.8 Å². The number of aryl methyl sites for hydroxylation is 1. The first-order valence-electron chi connectivity index (χ1n) is 9.98. The molecule has 6 nitrogen and oxygen atoms in total. The van der Waals surface area contributed by atoms with Crippen LogP contribution in [0.1, 0.15) is 34.7 Å². The lowest BCUT2D eigenvalue weighted by atomic mass is 10.2. The van der Waals surface area contributed by atoms with Gasteiger partial charge in [-0.1, -0.05) is 15.9 Å². The Morgan fingerprint density at radius 1 is 1.10 bits per heavy atom. The van der Waals surface area contributed by atoms with Gasteiger partial charge in [0.05, 0.1) is 19.4 Å². The zero-order chi connectivity index (χ0) is 21.1. The number of hydrogen-bond donors (Lipinski definition) is 0. The number of carbonyl (C=O) groups is 2. The molecular weight excluding hydrogens is 446 g/mol. The molecule has 0 bridgehead atoms. The summed E-state index contributed by atoms with van der Waals surface area (Å²) in [7, 11) is 1.96. The van der Waals surface area contributed by atoms with Crippen LogP contribution in [-0.4, -0.2) is 38.8 Å². The molecule has 30 heavy (non-hydrogen) atoms. The van der Waals surface area contributed by atoms with Crippen molar-refractivity contribution >= 4 is 27.7 Å². The summed E-state index contributed by atoms with van der Waals surface area (Å²) in [5.74, 6) is 0.523. The average molecular weight is 470 g/mol. The van der Waals surface area contributed by atoms with E-state index < -0.39 is 0 Å². The molecule has 1 fully saturated rings. The lowest BCUT2D eigenvalue weighted by Crippen LogP contribution is -2.43. The molecule has 0 atom stereocenters. The van der Waals surface area contributed by atoms with Crippen LogP contribution in [0.15, 0.2) is 69.9 Å². The van der Waals surface area contributed by atoms with E-state index in [9.17, 15) is 9.59 Å². The van der Waals surface area contributed by atoms with E-state index in [0.717, 1.165) is 28.8 Å². The second-order valence-corrected chi connectivity index (χ2v) is 8.53. The van der Waals surface area contributed by atoms with Crippen molar-refractivity contribution in [1.29, 1.82) is 0 Å². The molecule has 156 valence electrons. The molecule has 1 aliphatic carbocycles. The van der Waals surface area contributed by atoms with Gasteiger partial charge in [-0.3, -0.25) is 9.59 Å². The van der Waals surface area contributed by atoms with Gasteiger partial charge in [0.2, 0.25) is 5.91 Å². The second-order valence-electron chi connectivity index (χ2n) is 7.61. The Morgan fingerprint density at radius 3 is 2.47 bits per heavy atom. The van der Waals surface area contributed by atoms with Gasteiger partial charge in [-0.05, 0) is 61.4 Å². The third-order valence-electron chi connectivity index (χ3n) is 5.33. The Labute approximate surface area is 184 Å². The van der Waals surface area contributed by atoms with E-state index in [0.29, 0.717) is 18.7 Å². The minimum Gasteiger partial charge on any atom is -0.467 e. The van der Waals surface area contributed by atoms with E-state index in [4.69, 9.17) is 4.42 Å². The Hall–Kier alpha value is -2.80. The number of carbonyl (C=O) groups excluding carboxylic acids is 2. The predicted molar refractivity (Wildman–Crippen MR) is 117 cm³/mol. The minimum absolute atomic E-state index is 0.0602. The molecular formula is C23H24BrN3O3. The molecule has 0 N–H and O–H groups in total. The molecule has 1 aliphatic rings. The molecule has 1 saturated carbocycles. The van der Waals surface area contributed by atoms with Crippen LogP contribution < -0.4 is 0 Å². The SMILES string of the molecule is Cn1cccc1CN(Cc1ccco1)C(=O)CN(C(=O)c1ccc(Br)cc1)C1CC1. The molecule has 0 spiro atoms. The Balaban J connectivity index is 1.52. The highest BCUT2D eigenvalue weighted by Gasteiger charge is 2.35. The predicted octanol–water partition coefficient (Wildman–Crippen LogP) is 4.21. The quantitative estimate of drug-likeness (QED) is 0.496. The van der Waals surface area contributed by atoms with Gasteiger partial charge in [0.15, 0.2) is 0 Å². The highest BCUT2D eigenvalue weighted by Crippen LogP contribution is 2.29. The van der Waals surface area contributed by atoms with E-state index in [1.165, 1.54) is 0 Å². The smallest absolute Gasteiger partial charge is 0.254 e. The summed E-state index contributed by atoms with van der Waals surface area (Å²) in [4.78, 5) is 29.9. The molecule has 3 aromatic rings. The molecule has 4 rings (SSSR count). The van der Waals surface area contributed by atoms with Gasteiger partial charge in [-0.2, -0.15) is 0 Å². The van der Waals surface area contributed by atoms with E-state index in [2.05, 4.69) is 15.9 Å². The van der Waals surface area contributed by atoms with Gasteiger partial charge in [-0.25, -0.2) is 0 Å². The van der Waals surface area contributed by atoms with Crippen molar-refractivity contribution < 1.29 is 14.0 Å². The third-order valence-corrected chi connectivity index (χ3v) is 5.86. The van der Waals surface area contributed by atoms with Crippen molar-refractivity contribution in [2.24, 2.45) is 7.05 Å². The van der Waals surface area contributed by atoms with Crippen LogP contribution in [0.2, 0.25) is 0 Å². The fraction of sp³-hybridized carbons (Fsp3) is 0.304. The van der Waals surface area contributed by atoms with E-state index >= 15 is 0 Å². The highest BCUT2D eigenvalue weighted by atomic mass is 79.9. The zero-order valence-corrected chi connectivity index (χ0v) is 18.4. The number of rotatable bonds is 8. The fourth-order valence-electron chi connectivity index (χ4n) is 3.44. The largest absolute Gasteiger partial charge is 0.467 e. The maximum Gasteiger partial charge on any atom is 0.254 e.